The molecule has 0 saturated carbocycles. The van der Waals surface area contributed by atoms with Gasteiger partial charge in [-0.3, -0.25) is 0 Å². The highest BCUT2D eigenvalue weighted by Gasteiger charge is 2.38. The molecule has 0 atom stereocenters. The molecule has 0 aliphatic heterocycles. The molecule has 0 bridgehead atoms. The quantitative estimate of drug-likeness (QED) is 0.245. The number of pyridine rings is 1. The van der Waals surface area contributed by atoms with E-state index in [-0.39, 0.29) is 16.7 Å². The minimum Gasteiger partial charge on any atom is -0.455 e. The normalized spacial score (nSPS) is 20.0. The molecule has 0 saturated heterocycles. The predicted molar refractivity (Wildman–Crippen MR) is 141 cm³/mol. The molecule has 34 heavy (non-hydrogen) atoms. The van der Waals surface area contributed by atoms with Crippen LogP contribution in [0.25, 0.3) is 44.3 Å². The van der Waals surface area contributed by atoms with Gasteiger partial charge in [0.15, 0.2) is 6.20 Å². The second kappa shape index (κ2) is 7.06. The Kier molecular flexibility index (Phi) is 2.68. The Morgan fingerprint density at radius 1 is 1.00 bits per heavy atom. The van der Waals surface area contributed by atoms with Crippen LogP contribution in [-0.2, 0) is 12.5 Å². The fraction of sp³-hybridized carbons (Fsp3) is 0.281. The maximum atomic E-state index is 8.75. The first-order valence-corrected chi connectivity index (χ1v) is 11.4. The van der Waals surface area contributed by atoms with E-state index in [4.69, 9.17) is 18.1 Å². The van der Waals surface area contributed by atoms with Gasteiger partial charge in [-0.15, -0.1) is 0 Å². The topological polar surface area (TPSA) is 17.0 Å². The van der Waals surface area contributed by atoms with Gasteiger partial charge in [-0.05, 0) is 59.1 Å². The van der Waals surface area contributed by atoms with Gasteiger partial charge < -0.3 is 4.42 Å². The number of benzene rings is 3. The van der Waals surface area contributed by atoms with Gasteiger partial charge in [0, 0.05) is 41.5 Å². The highest BCUT2D eigenvalue weighted by atomic mass is 16.3. The van der Waals surface area contributed by atoms with Crippen LogP contribution in [0.3, 0.4) is 0 Å². The Morgan fingerprint density at radius 3 is 2.59 bits per heavy atom. The summed E-state index contributed by atoms with van der Waals surface area (Å²) in [6, 6.07) is 15.7. The third kappa shape index (κ3) is 2.72. The lowest BCUT2D eigenvalue weighted by Gasteiger charge is -2.22. The van der Waals surface area contributed by atoms with Gasteiger partial charge in [-0.25, -0.2) is 4.57 Å². The van der Waals surface area contributed by atoms with E-state index < -0.39 is 31.9 Å². The number of hydrogen-bond donors (Lipinski definition) is 0. The average Bonchev–Trinajstić information content (AvgIpc) is 3.41. The van der Waals surface area contributed by atoms with Crippen LogP contribution in [0, 0.1) is 13.8 Å². The smallest absolute Gasteiger partial charge is 0.216 e. The minimum atomic E-state index is -2.93. The van der Waals surface area contributed by atoms with Gasteiger partial charge in [0.2, 0.25) is 5.69 Å². The first-order chi connectivity index (χ1) is 20.2. The molecule has 5 aromatic rings. The van der Waals surface area contributed by atoms with Crippen LogP contribution < -0.4 is 4.57 Å². The van der Waals surface area contributed by atoms with Gasteiger partial charge >= 0.3 is 0 Å². The third-order valence-electron chi connectivity index (χ3n) is 7.08. The van der Waals surface area contributed by atoms with Crippen LogP contribution in [0.15, 0.2) is 65.2 Å². The van der Waals surface area contributed by atoms with E-state index in [1.807, 2.05) is 19.1 Å². The van der Waals surface area contributed by atoms with Crippen molar-refractivity contribution in [3.05, 3.63) is 88.6 Å². The molecule has 6 rings (SSSR count). The summed E-state index contributed by atoms with van der Waals surface area (Å²) in [7, 11) is 1.73. The zero-order valence-corrected chi connectivity index (χ0v) is 19.6. The molecule has 1 aliphatic rings. The van der Waals surface area contributed by atoms with Crippen molar-refractivity contribution in [2.24, 2.45) is 7.05 Å². The van der Waals surface area contributed by atoms with Gasteiger partial charge in [-0.1, -0.05) is 70.0 Å². The zero-order valence-electron chi connectivity index (χ0n) is 29.6. The maximum absolute atomic E-state index is 8.75. The molecule has 3 aromatic carbocycles. The molecule has 0 spiro atoms. The van der Waals surface area contributed by atoms with Crippen LogP contribution >= 0.6 is 0 Å². The molecule has 2 heteroatoms. The van der Waals surface area contributed by atoms with Crippen LogP contribution in [0.5, 0.6) is 0 Å². The Morgan fingerprint density at radius 2 is 1.82 bits per heavy atom. The van der Waals surface area contributed by atoms with Crippen molar-refractivity contribution in [2.75, 3.05) is 0 Å². The highest BCUT2D eigenvalue weighted by Crippen LogP contribution is 2.53. The van der Waals surface area contributed by atoms with Crippen molar-refractivity contribution in [3.8, 4) is 22.4 Å². The Hall–Kier alpha value is -3.39. The number of nitrogens with zero attached hydrogens (tertiary/aromatic N) is 1. The Bertz CT molecular complexity index is 1970. The molecular formula is C32H32NO+. The van der Waals surface area contributed by atoms with Gasteiger partial charge in [0.1, 0.15) is 18.2 Å². The van der Waals surface area contributed by atoms with Crippen molar-refractivity contribution in [1.29, 1.82) is 0 Å². The third-order valence-corrected chi connectivity index (χ3v) is 7.08. The second-order valence-corrected chi connectivity index (χ2v) is 9.49. The summed E-state index contributed by atoms with van der Waals surface area (Å²) in [4.78, 5) is 0. The van der Waals surface area contributed by atoms with E-state index in [0.717, 1.165) is 5.56 Å². The molecular weight excluding hydrogens is 414 g/mol. The fourth-order valence-corrected chi connectivity index (χ4v) is 5.45. The van der Waals surface area contributed by atoms with E-state index in [1.165, 1.54) is 6.20 Å². The molecule has 0 radical (unpaired) electrons. The lowest BCUT2D eigenvalue weighted by Crippen LogP contribution is -2.32. The monoisotopic (exact) mass is 456 g/mol. The molecule has 2 aromatic heterocycles. The minimum absolute atomic E-state index is 0.0777. The van der Waals surface area contributed by atoms with Crippen LogP contribution in [0.2, 0.25) is 0 Å². The SMILES string of the molecule is [2H]C([2H])([2H])c1c[n+](C)c(-c2c(C)ccc3c2oc2ccc4c(c23)C(C([2H])([2H])[2H])(C([2H])([2H])[2H])c2ccccc2-4)cc1C([2H])(C)C. The number of aryl methyl sites for hydroxylation is 3. The van der Waals surface area contributed by atoms with E-state index in [9.17, 15) is 0 Å². The van der Waals surface area contributed by atoms with E-state index >= 15 is 0 Å². The summed E-state index contributed by atoms with van der Waals surface area (Å²) in [5, 5.41) is 0.972. The Labute approximate surface area is 215 Å². The van der Waals surface area contributed by atoms with E-state index in [1.54, 1.807) is 67.9 Å². The summed E-state index contributed by atoms with van der Waals surface area (Å²) in [5.41, 5.74) is 2.46. The molecule has 170 valence electrons. The van der Waals surface area contributed by atoms with Gasteiger partial charge in [-0.2, -0.15) is 0 Å². The van der Waals surface area contributed by atoms with Crippen LogP contribution in [-0.4, -0.2) is 0 Å². The Balaban J connectivity index is 1.77. The van der Waals surface area contributed by atoms with Crippen molar-refractivity contribution < 1.29 is 22.7 Å². The number of fused-ring (bicyclic) bond motifs is 7. The second-order valence-electron chi connectivity index (χ2n) is 9.49. The molecule has 1 aliphatic carbocycles. The lowest BCUT2D eigenvalue weighted by atomic mass is 9.80. The summed E-state index contributed by atoms with van der Waals surface area (Å²) in [6.07, 6.45) is 1.53. The molecule has 0 unspecified atom stereocenters. The van der Waals surface area contributed by atoms with Crippen LogP contribution in [0.4, 0.5) is 0 Å². The predicted octanol–water partition coefficient (Wildman–Crippen LogP) is 8.12. The van der Waals surface area contributed by atoms with Crippen molar-refractivity contribution >= 4 is 21.9 Å². The number of hydrogen-bond acceptors (Lipinski definition) is 1. The molecule has 2 nitrogen and oxygen atoms in total. The van der Waals surface area contributed by atoms with E-state index in [2.05, 4.69) is 0 Å². The maximum Gasteiger partial charge on any atom is 0.216 e. The number of furan rings is 1. The lowest BCUT2D eigenvalue weighted by molar-refractivity contribution is -0.660. The van der Waals surface area contributed by atoms with Crippen LogP contribution in [0.1, 0.15) is 75.0 Å². The average molecular weight is 457 g/mol. The van der Waals surface area contributed by atoms with Crippen molar-refractivity contribution in [3.63, 3.8) is 0 Å². The van der Waals surface area contributed by atoms with Gasteiger partial charge in [0.25, 0.3) is 0 Å². The molecule has 2 heterocycles. The standard InChI is InChI=1S/C32H32NO/c1-18(2)24-16-26(33(7)17-20(24)4)28-19(3)12-13-23-29-27(34-31(23)28)15-14-22-21-10-8-9-11-25(21)32(5,6)30(22)29/h8-18H,1-7H3/q+1/i4D3,5D3,6D3,18D. The molecule has 0 fully saturated rings. The highest BCUT2D eigenvalue weighted by molar-refractivity contribution is 6.14. The number of aromatic nitrogens is 1. The summed E-state index contributed by atoms with van der Waals surface area (Å²) < 4.78 is 93.4. The summed E-state index contributed by atoms with van der Waals surface area (Å²) in [5.74, 6) is -1.23. The van der Waals surface area contributed by atoms with E-state index in [0.29, 0.717) is 49.9 Å². The largest absolute Gasteiger partial charge is 0.455 e. The zero-order chi connectivity index (χ0) is 32.4. The van der Waals surface area contributed by atoms with Crippen molar-refractivity contribution in [1.82, 2.24) is 0 Å². The summed E-state index contributed by atoms with van der Waals surface area (Å²) >= 11 is 0. The fourth-order valence-electron chi connectivity index (χ4n) is 5.45. The first-order valence-electron chi connectivity index (χ1n) is 16.4. The van der Waals surface area contributed by atoms with Crippen molar-refractivity contribution in [2.45, 2.75) is 52.6 Å². The summed E-state index contributed by atoms with van der Waals surface area (Å²) in [6.45, 7) is -3.14. The first kappa shape index (κ1) is 12.9. The molecule has 0 N–H and O–H groups in total. The number of rotatable bonds is 2. The molecule has 0 amide bonds. The van der Waals surface area contributed by atoms with Gasteiger partial charge in [0.05, 0.1) is 5.56 Å².